The zero-order valence-electron chi connectivity index (χ0n) is 10.3. The van der Waals surface area contributed by atoms with Crippen molar-refractivity contribution in [2.24, 2.45) is 0 Å². The first-order valence-electron chi connectivity index (χ1n) is 5.95. The van der Waals surface area contributed by atoms with E-state index >= 15 is 0 Å². The van der Waals surface area contributed by atoms with E-state index in [9.17, 15) is 9.18 Å². The van der Waals surface area contributed by atoms with Gasteiger partial charge in [0.05, 0.1) is 12.1 Å². The Morgan fingerprint density at radius 1 is 1.33 bits per heavy atom. The van der Waals surface area contributed by atoms with Gasteiger partial charge in [0.1, 0.15) is 5.82 Å². The second-order valence-electron chi connectivity index (χ2n) is 4.63. The fourth-order valence-electron chi connectivity index (χ4n) is 2.01. The number of piperazine rings is 1. The minimum Gasteiger partial charge on any atom is -0.304 e. The fourth-order valence-corrected chi connectivity index (χ4v) is 2.17. The quantitative estimate of drug-likeness (QED) is 0.784. The van der Waals surface area contributed by atoms with Crippen molar-refractivity contribution in [3.63, 3.8) is 0 Å². The Balaban J connectivity index is 1.99. The molecule has 0 spiro atoms. The van der Waals surface area contributed by atoms with E-state index in [-0.39, 0.29) is 17.9 Å². The summed E-state index contributed by atoms with van der Waals surface area (Å²) >= 11 is 5.66. The van der Waals surface area contributed by atoms with Gasteiger partial charge in [-0.3, -0.25) is 9.69 Å². The van der Waals surface area contributed by atoms with Gasteiger partial charge < -0.3 is 4.90 Å². The second-order valence-corrected chi connectivity index (χ2v) is 5.06. The van der Waals surface area contributed by atoms with Crippen LogP contribution in [0.4, 0.5) is 4.39 Å². The monoisotopic (exact) mass is 270 g/mol. The summed E-state index contributed by atoms with van der Waals surface area (Å²) in [6.07, 6.45) is 0. The van der Waals surface area contributed by atoms with Crippen molar-refractivity contribution in [3.8, 4) is 0 Å². The first-order chi connectivity index (χ1) is 8.56. The highest BCUT2D eigenvalue weighted by Crippen LogP contribution is 2.15. The number of halogens is 2. The van der Waals surface area contributed by atoms with Crippen molar-refractivity contribution in [3.05, 3.63) is 34.6 Å². The smallest absolute Gasteiger partial charge is 0.179 e. The minimum atomic E-state index is -0.540. The van der Waals surface area contributed by atoms with Crippen LogP contribution in [0.5, 0.6) is 0 Å². The van der Waals surface area contributed by atoms with E-state index in [0.29, 0.717) is 5.02 Å². The Morgan fingerprint density at radius 3 is 2.61 bits per heavy atom. The first-order valence-corrected chi connectivity index (χ1v) is 6.33. The number of nitrogens with zero attached hydrogens (tertiary/aromatic N) is 2. The van der Waals surface area contributed by atoms with Crippen LogP contribution in [0.1, 0.15) is 10.4 Å². The summed E-state index contributed by atoms with van der Waals surface area (Å²) in [7, 11) is 2.05. The molecule has 1 aromatic carbocycles. The van der Waals surface area contributed by atoms with Crippen LogP contribution in [0.3, 0.4) is 0 Å². The van der Waals surface area contributed by atoms with Crippen LogP contribution in [0.2, 0.25) is 5.02 Å². The van der Waals surface area contributed by atoms with Gasteiger partial charge in [-0.25, -0.2) is 4.39 Å². The Bertz CT molecular complexity index is 445. The van der Waals surface area contributed by atoms with E-state index in [1.54, 1.807) is 6.07 Å². The average Bonchev–Trinajstić information content (AvgIpc) is 2.32. The van der Waals surface area contributed by atoms with E-state index in [2.05, 4.69) is 16.8 Å². The van der Waals surface area contributed by atoms with Gasteiger partial charge in [-0.05, 0) is 25.2 Å². The van der Waals surface area contributed by atoms with Crippen molar-refractivity contribution < 1.29 is 9.18 Å². The highest BCUT2D eigenvalue weighted by Gasteiger charge is 2.19. The number of carbonyl (C=O) groups excluding carboxylic acids is 1. The highest BCUT2D eigenvalue weighted by molar-refractivity contribution is 6.30. The Hall–Kier alpha value is -0.970. The summed E-state index contributed by atoms with van der Waals surface area (Å²) in [6, 6.07) is 4.18. The standard InChI is InChI=1S/C13H16ClFN2O/c1-16-4-6-17(7-5-16)9-13(18)11-3-2-10(14)8-12(11)15/h2-3,8H,4-7,9H2,1H3. The van der Waals surface area contributed by atoms with E-state index in [4.69, 9.17) is 11.6 Å². The van der Waals surface area contributed by atoms with E-state index in [1.165, 1.54) is 12.1 Å². The summed E-state index contributed by atoms with van der Waals surface area (Å²) in [5, 5.41) is 0.309. The summed E-state index contributed by atoms with van der Waals surface area (Å²) < 4.78 is 13.6. The third kappa shape index (κ3) is 3.28. The maximum absolute atomic E-state index is 13.6. The summed E-state index contributed by atoms with van der Waals surface area (Å²) in [4.78, 5) is 16.3. The van der Waals surface area contributed by atoms with Crippen molar-refractivity contribution in [2.75, 3.05) is 39.8 Å². The number of likely N-dealkylation sites (N-methyl/N-ethyl adjacent to an activating group) is 1. The van der Waals surface area contributed by atoms with Gasteiger partial charge in [-0.2, -0.15) is 0 Å². The normalized spacial score (nSPS) is 17.9. The number of carbonyl (C=O) groups is 1. The molecule has 1 heterocycles. The SMILES string of the molecule is CN1CCN(CC(=O)c2ccc(Cl)cc2F)CC1. The number of benzene rings is 1. The van der Waals surface area contributed by atoms with Crippen molar-refractivity contribution >= 4 is 17.4 Å². The molecule has 0 unspecified atom stereocenters. The molecule has 0 bridgehead atoms. The molecule has 1 fully saturated rings. The molecule has 0 atom stereocenters. The van der Waals surface area contributed by atoms with Crippen LogP contribution in [-0.4, -0.2) is 55.4 Å². The van der Waals surface area contributed by atoms with Crippen LogP contribution in [-0.2, 0) is 0 Å². The lowest BCUT2D eigenvalue weighted by Crippen LogP contribution is -2.46. The lowest BCUT2D eigenvalue weighted by Gasteiger charge is -2.31. The lowest BCUT2D eigenvalue weighted by molar-refractivity contribution is 0.0872. The number of rotatable bonds is 3. The number of ketones is 1. The molecule has 98 valence electrons. The van der Waals surface area contributed by atoms with Crippen LogP contribution in [0.15, 0.2) is 18.2 Å². The number of Topliss-reactive ketones (excluding diaryl/α,β-unsaturated/α-hetero) is 1. The van der Waals surface area contributed by atoms with Gasteiger partial charge in [0.2, 0.25) is 0 Å². The van der Waals surface area contributed by atoms with Gasteiger partial charge >= 0.3 is 0 Å². The zero-order chi connectivity index (χ0) is 13.1. The molecule has 0 aliphatic carbocycles. The van der Waals surface area contributed by atoms with Crippen LogP contribution < -0.4 is 0 Å². The topological polar surface area (TPSA) is 23.6 Å². The Labute approximate surface area is 111 Å². The maximum Gasteiger partial charge on any atom is 0.179 e. The van der Waals surface area contributed by atoms with Gasteiger partial charge in [0, 0.05) is 31.2 Å². The van der Waals surface area contributed by atoms with Crippen molar-refractivity contribution in [2.45, 2.75) is 0 Å². The molecule has 3 nitrogen and oxygen atoms in total. The summed E-state index contributed by atoms with van der Waals surface area (Å²) in [6.45, 7) is 3.84. The molecule has 1 aromatic rings. The van der Waals surface area contributed by atoms with E-state index < -0.39 is 5.82 Å². The average molecular weight is 271 g/mol. The van der Waals surface area contributed by atoms with E-state index in [1.807, 2.05) is 0 Å². The molecule has 0 radical (unpaired) electrons. The van der Waals surface area contributed by atoms with Gasteiger partial charge in [0.25, 0.3) is 0 Å². The Morgan fingerprint density at radius 2 is 2.00 bits per heavy atom. The Kier molecular flexibility index (Phi) is 4.32. The predicted molar refractivity (Wildman–Crippen MR) is 69.7 cm³/mol. The molecule has 18 heavy (non-hydrogen) atoms. The van der Waals surface area contributed by atoms with Crippen LogP contribution >= 0.6 is 11.6 Å². The molecule has 1 saturated heterocycles. The van der Waals surface area contributed by atoms with Gasteiger partial charge in [-0.1, -0.05) is 11.6 Å². The molecule has 0 amide bonds. The maximum atomic E-state index is 13.6. The molecular formula is C13H16ClFN2O. The van der Waals surface area contributed by atoms with Crippen LogP contribution in [0.25, 0.3) is 0 Å². The second kappa shape index (κ2) is 5.78. The molecule has 0 saturated carbocycles. The molecule has 1 aliphatic rings. The predicted octanol–water partition coefficient (Wildman–Crippen LogP) is 1.91. The molecule has 0 aromatic heterocycles. The minimum absolute atomic E-state index is 0.123. The van der Waals surface area contributed by atoms with Gasteiger partial charge in [-0.15, -0.1) is 0 Å². The molecule has 1 aliphatic heterocycles. The number of hydrogen-bond acceptors (Lipinski definition) is 3. The summed E-state index contributed by atoms with van der Waals surface area (Å²) in [5.74, 6) is -0.727. The van der Waals surface area contributed by atoms with Gasteiger partial charge in [0.15, 0.2) is 5.78 Å². The third-order valence-corrected chi connectivity index (χ3v) is 3.43. The largest absolute Gasteiger partial charge is 0.304 e. The first kappa shape index (κ1) is 13.5. The van der Waals surface area contributed by atoms with E-state index in [0.717, 1.165) is 26.2 Å². The summed E-state index contributed by atoms with van der Waals surface area (Å²) in [5.41, 5.74) is 0.123. The zero-order valence-corrected chi connectivity index (χ0v) is 11.1. The molecule has 5 heteroatoms. The van der Waals surface area contributed by atoms with Crippen molar-refractivity contribution in [1.82, 2.24) is 9.80 Å². The fraction of sp³-hybridized carbons (Fsp3) is 0.462. The molecule has 2 rings (SSSR count). The van der Waals surface area contributed by atoms with Crippen molar-refractivity contribution in [1.29, 1.82) is 0 Å². The lowest BCUT2D eigenvalue weighted by atomic mass is 10.1. The third-order valence-electron chi connectivity index (χ3n) is 3.19. The van der Waals surface area contributed by atoms with Crippen LogP contribution in [0, 0.1) is 5.82 Å². The highest BCUT2D eigenvalue weighted by atomic mass is 35.5. The molecule has 0 N–H and O–H groups in total. The number of hydrogen-bond donors (Lipinski definition) is 0. The molecular weight excluding hydrogens is 255 g/mol.